The highest BCUT2D eigenvalue weighted by Crippen LogP contribution is 2.27. The van der Waals surface area contributed by atoms with Crippen LogP contribution in [0.5, 0.6) is 0 Å². The minimum absolute atomic E-state index is 0.156. The van der Waals surface area contributed by atoms with Gasteiger partial charge in [0.05, 0.1) is 16.6 Å². The van der Waals surface area contributed by atoms with Crippen molar-refractivity contribution in [1.82, 2.24) is 5.32 Å². The molecule has 0 unspecified atom stereocenters. The molecule has 0 saturated heterocycles. The fourth-order valence-electron chi connectivity index (χ4n) is 4.44. The van der Waals surface area contributed by atoms with Crippen molar-refractivity contribution >= 4 is 21.6 Å². The van der Waals surface area contributed by atoms with Crippen molar-refractivity contribution in [2.75, 3.05) is 10.8 Å². The van der Waals surface area contributed by atoms with E-state index in [9.17, 15) is 13.2 Å². The minimum Gasteiger partial charge on any atom is -0.348 e. The number of carbonyl (C=O) groups excluding carboxylic acids is 1. The monoisotopic (exact) mass is 476 g/mol. The van der Waals surface area contributed by atoms with E-state index in [2.05, 4.69) is 23.5 Å². The summed E-state index contributed by atoms with van der Waals surface area (Å²) in [6.07, 6.45) is 4.60. The van der Waals surface area contributed by atoms with Crippen LogP contribution >= 0.6 is 0 Å². The van der Waals surface area contributed by atoms with E-state index in [0.29, 0.717) is 5.69 Å². The Morgan fingerprint density at radius 2 is 1.62 bits per heavy atom. The second-order valence-corrected chi connectivity index (χ2v) is 11.0. The van der Waals surface area contributed by atoms with Crippen molar-refractivity contribution in [3.05, 3.63) is 94.5 Å². The zero-order valence-electron chi connectivity index (χ0n) is 20.0. The van der Waals surface area contributed by atoms with Crippen molar-refractivity contribution in [3.8, 4) is 0 Å². The fraction of sp³-hybridized carbons (Fsp3) is 0.321. The number of hydrogen-bond donors (Lipinski definition) is 1. The highest BCUT2D eigenvalue weighted by atomic mass is 32.2. The van der Waals surface area contributed by atoms with E-state index >= 15 is 0 Å². The van der Waals surface area contributed by atoms with Crippen molar-refractivity contribution < 1.29 is 13.2 Å². The predicted octanol–water partition coefficient (Wildman–Crippen LogP) is 5.25. The topological polar surface area (TPSA) is 66.5 Å². The van der Waals surface area contributed by atoms with Gasteiger partial charge < -0.3 is 5.32 Å². The molecule has 4 rings (SSSR count). The third-order valence-electron chi connectivity index (χ3n) is 6.65. The first-order chi connectivity index (χ1) is 16.3. The summed E-state index contributed by atoms with van der Waals surface area (Å²) in [7, 11) is -3.92. The van der Waals surface area contributed by atoms with Crippen LogP contribution in [0.25, 0.3) is 0 Å². The number of hydrogen-bond acceptors (Lipinski definition) is 3. The minimum atomic E-state index is -3.92. The summed E-state index contributed by atoms with van der Waals surface area (Å²) in [6.45, 7) is 5.55. The van der Waals surface area contributed by atoms with Gasteiger partial charge in [0.15, 0.2) is 0 Å². The van der Waals surface area contributed by atoms with Crippen LogP contribution in [0.4, 0.5) is 5.69 Å². The van der Waals surface area contributed by atoms with Crippen LogP contribution in [0.2, 0.25) is 0 Å². The zero-order valence-corrected chi connectivity index (χ0v) is 20.9. The van der Waals surface area contributed by atoms with Gasteiger partial charge in [0.25, 0.3) is 10.0 Å². The third kappa shape index (κ3) is 5.17. The summed E-state index contributed by atoms with van der Waals surface area (Å²) in [5.74, 6) is -0.344. The van der Waals surface area contributed by atoms with Gasteiger partial charge in [-0.2, -0.15) is 0 Å². The standard InChI is InChI=1S/C28H32N2O3S/c1-20-13-16-26(17-21(20)2)30(34(32,33)27-11-5-4-6-12-27)19-28(31)29-22(3)24-15-14-23-9-7-8-10-25(23)18-24/h4-6,11-18,22H,7-10,19H2,1-3H3,(H,29,31)/t22-/m1/s1. The van der Waals surface area contributed by atoms with Crippen LogP contribution in [-0.2, 0) is 27.7 Å². The molecule has 3 aromatic rings. The number of benzene rings is 3. The van der Waals surface area contributed by atoms with Crippen molar-refractivity contribution in [3.63, 3.8) is 0 Å². The Morgan fingerprint density at radius 3 is 2.32 bits per heavy atom. The first-order valence-electron chi connectivity index (χ1n) is 11.8. The molecule has 0 spiro atoms. The Bertz CT molecular complexity index is 1290. The van der Waals surface area contributed by atoms with Gasteiger partial charge in [-0.1, -0.05) is 42.5 Å². The Balaban J connectivity index is 1.58. The molecule has 1 aliphatic rings. The maximum atomic E-state index is 13.5. The molecule has 0 saturated carbocycles. The molecule has 0 radical (unpaired) electrons. The molecule has 0 aliphatic heterocycles. The van der Waals surface area contributed by atoms with Gasteiger partial charge in [0.1, 0.15) is 6.54 Å². The number of rotatable bonds is 7. The number of fused-ring (bicyclic) bond motifs is 1. The van der Waals surface area contributed by atoms with Crippen LogP contribution in [0, 0.1) is 13.8 Å². The molecule has 0 heterocycles. The highest BCUT2D eigenvalue weighted by Gasteiger charge is 2.28. The lowest BCUT2D eigenvalue weighted by atomic mass is 9.89. The average molecular weight is 477 g/mol. The molecular formula is C28H32N2O3S. The van der Waals surface area contributed by atoms with Crippen LogP contribution in [0.3, 0.4) is 0 Å². The number of carbonyl (C=O) groups is 1. The third-order valence-corrected chi connectivity index (χ3v) is 8.44. The maximum absolute atomic E-state index is 13.5. The number of aryl methyl sites for hydroxylation is 4. The van der Waals surface area contributed by atoms with Crippen LogP contribution < -0.4 is 9.62 Å². The van der Waals surface area contributed by atoms with Crippen LogP contribution in [-0.4, -0.2) is 20.9 Å². The number of nitrogens with zero attached hydrogens (tertiary/aromatic N) is 1. The highest BCUT2D eigenvalue weighted by molar-refractivity contribution is 7.92. The molecule has 0 bridgehead atoms. The summed E-state index contributed by atoms with van der Waals surface area (Å²) >= 11 is 0. The molecular weight excluding hydrogens is 444 g/mol. The second-order valence-electron chi connectivity index (χ2n) is 9.12. The molecule has 5 nitrogen and oxygen atoms in total. The smallest absolute Gasteiger partial charge is 0.264 e. The van der Waals surface area contributed by atoms with Crippen molar-refractivity contribution in [1.29, 1.82) is 0 Å². The lowest BCUT2D eigenvalue weighted by Gasteiger charge is -2.26. The second kappa shape index (κ2) is 10.0. The Kier molecular flexibility index (Phi) is 7.08. The summed E-state index contributed by atoms with van der Waals surface area (Å²) < 4.78 is 28.3. The van der Waals surface area contributed by atoms with E-state index in [0.717, 1.165) is 29.5 Å². The summed E-state index contributed by atoms with van der Waals surface area (Å²) in [4.78, 5) is 13.3. The molecule has 34 heavy (non-hydrogen) atoms. The SMILES string of the molecule is Cc1ccc(N(CC(=O)N[C@H](C)c2ccc3c(c2)CCCC3)S(=O)(=O)c2ccccc2)cc1C. The average Bonchev–Trinajstić information content (AvgIpc) is 2.84. The van der Waals surface area contributed by atoms with Gasteiger partial charge in [-0.3, -0.25) is 9.10 Å². The van der Waals surface area contributed by atoms with Crippen molar-refractivity contribution in [2.24, 2.45) is 0 Å². The quantitative estimate of drug-likeness (QED) is 0.506. The van der Waals surface area contributed by atoms with Crippen LogP contribution in [0.1, 0.15) is 53.6 Å². The molecule has 1 aliphatic carbocycles. The largest absolute Gasteiger partial charge is 0.348 e. The Labute approximate surface area is 202 Å². The van der Waals surface area contributed by atoms with E-state index in [1.54, 1.807) is 36.4 Å². The first-order valence-corrected chi connectivity index (χ1v) is 13.3. The molecule has 3 aromatic carbocycles. The summed E-state index contributed by atoms with van der Waals surface area (Å²) in [6, 6.07) is 19.9. The van der Waals surface area contributed by atoms with Gasteiger partial charge in [-0.15, -0.1) is 0 Å². The summed E-state index contributed by atoms with van der Waals surface area (Å²) in [5.41, 5.74) is 6.29. The molecule has 1 N–H and O–H groups in total. The number of amides is 1. The number of nitrogens with one attached hydrogen (secondary N) is 1. The molecule has 1 amide bonds. The molecule has 0 fully saturated rings. The molecule has 1 atom stereocenters. The number of anilines is 1. The van der Waals surface area contributed by atoms with Gasteiger partial charge in [0.2, 0.25) is 5.91 Å². The van der Waals surface area contributed by atoms with Gasteiger partial charge in [-0.25, -0.2) is 8.42 Å². The zero-order chi connectivity index (χ0) is 24.3. The van der Waals surface area contributed by atoms with Gasteiger partial charge in [0, 0.05) is 0 Å². The van der Waals surface area contributed by atoms with E-state index in [1.807, 2.05) is 32.9 Å². The van der Waals surface area contributed by atoms with E-state index in [-0.39, 0.29) is 23.4 Å². The lowest BCUT2D eigenvalue weighted by Crippen LogP contribution is -2.41. The molecule has 6 heteroatoms. The fourth-order valence-corrected chi connectivity index (χ4v) is 5.87. The van der Waals surface area contributed by atoms with Crippen LogP contribution in [0.15, 0.2) is 71.6 Å². The lowest BCUT2D eigenvalue weighted by molar-refractivity contribution is -0.120. The molecule has 0 aromatic heterocycles. The summed E-state index contributed by atoms with van der Waals surface area (Å²) in [5, 5.41) is 3.01. The maximum Gasteiger partial charge on any atom is 0.264 e. The van der Waals surface area contributed by atoms with Crippen molar-refractivity contribution in [2.45, 2.75) is 57.4 Å². The van der Waals surface area contributed by atoms with Gasteiger partial charge >= 0.3 is 0 Å². The predicted molar refractivity (Wildman–Crippen MR) is 137 cm³/mol. The Morgan fingerprint density at radius 1 is 0.912 bits per heavy atom. The molecule has 178 valence electrons. The van der Waals surface area contributed by atoms with Gasteiger partial charge in [-0.05, 0) is 98.5 Å². The first kappa shape index (κ1) is 24.0. The Hall–Kier alpha value is -3.12. The normalized spacial score (nSPS) is 14.2. The van der Waals surface area contributed by atoms with E-state index in [1.165, 1.54) is 28.3 Å². The van der Waals surface area contributed by atoms with E-state index in [4.69, 9.17) is 0 Å². The number of sulfonamides is 1. The van der Waals surface area contributed by atoms with E-state index < -0.39 is 10.0 Å².